The van der Waals surface area contributed by atoms with Crippen LogP contribution in [0.25, 0.3) is 0 Å². The van der Waals surface area contributed by atoms with Gasteiger partial charge in [0.2, 0.25) is 0 Å². The smallest absolute Gasteiger partial charge is 0.00577 e. The molecule has 0 aromatic carbocycles. The van der Waals surface area contributed by atoms with Crippen LogP contribution in [0.4, 0.5) is 0 Å². The fraction of sp³-hybridized carbons (Fsp3) is 0.600. The van der Waals surface area contributed by atoms with Crippen LogP contribution >= 0.6 is 22.7 Å². The van der Waals surface area contributed by atoms with E-state index in [1.807, 2.05) is 0 Å². The van der Waals surface area contributed by atoms with Crippen molar-refractivity contribution in [2.75, 3.05) is 11.5 Å². The van der Waals surface area contributed by atoms with Crippen molar-refractivity contribution in [2.24, 2.45) is 0 Å². The first-order chi connectivity index (χ1) is 5.81. The van der Waals surface area contributed by atoms with Gasteiger partial charge in [-0.25, -0.2) is 0 Å². The highest BCUT2D eigenvalue weighted by molar-refractivity contribution is 8.14. The van der Waals surface area contributed by atoms with Crippen molar-refractivity contribution in [3.05, 3.63) is 12.2 Å². The Morgan fingerprint density at radius 1 is 1.33 bits per heavy atom. The summed E-state index contributed by atoms with van der Waals surface area (Å²) in [6.07, 6.45) is 7.97. The fourth-order valence-electron chi connectivity index (χ4n) is 0.787. The van der Waals surface area contributed by atoms with Crippen molar-refractivity contribution in [2.45, 2.75) is 26.2 Å². The first-order valence-corrected chi connectivity index (χ1v) is 6.57. The summed E-state index contributed by atoms with van der Waals surface area (Å²) in [4.78, 5) is 0. The number of hydrogen-bond acceptors (Lipinski definition) is 1. The van der Waals surface area contributed by atoms with Gasteiger partial charge in [-0.05, 0) is 24.0 Å². The van der Waals surface area contributed by atoms with Crippen LogP contribution in [0.3, 0.4) is 0 Å². The molecule has 1 atom stereocenters. The van der Waals surface area contributed by atoms with Gasteiger partial charge in [0.15, 0.2) is 0 Å². The second-order valence-corrected chi connectivity index (χ2v) is 5.00. The first kappa shape index (κ1) is 12.0. The summed E-state index contributed by atoms with van der Waals surface area (Å²) >= 11 is 4.76. The van der Waals surface area contributed by atoms with Crippen molar-refractivity contribution >= 4 is 33.9 Å². The molecule has 0 saturated heterocycles. The summed E-state index contributed by atoms with van der Waals surface area (Å²) in [7, 11) is 0.292. The van der Waals surface area contributed by atoms with Crippen LogP contribution in [-0.4, -0.2) is 22.7 Å². The van der Waals surface area contributed by atoms with Crippen LogP contribution in [-0.2, 0) is 0 Å². The third kappa shape index (κ3) is 8.15. The maximum atomic E-state index is 4.76. The molecular weight excluding hydrogens is 184 g/mol. The van der Waals surface area contributed by atoms with E-state index in [9.17, 15) is 0 Å². The molecule has 2 heteroatoms. The van der Waals surface area contributed by atoms with Gasteiger partial charge in [-0.1, -0.05) is 43.6 Å². The first-order valence-electron chi connectivity index (χ1n) is 4.37. The lowest BCUT2D eigenvalue weighted by Gasteiger charge is -1.99. The number of rotatable bonds is 7. The van der Waals surface area contributed by atoms with Gasteiger partial charge in [0.1, 0.15) is 0 Å². The molecule has 0 aliphatic rings. The van der Waals surface area contributed by atoms with E-state index in [-0.39, 0.29) is 0 Å². The van der Waals surface area contributed by atoms with Crippen LogP contribution in [0.5, 0.6) is 0 Å². The standard InChI is InChI=1S/C10H18S2/c1-3-4-5-6-9-12(2)10-7-8-11/h5-6,8H,2-4,7,9-10H2,1H3. The fourth-order valence-corrected chi connectivity index (χ4v) is 2.08. The zero-order chi connectivity index (χ0) is 9.23. The Morgan fingerprint density at radius 2 is 2.08 bits per heavy atom. The van der Waals surface area contributed by atoms with Crippen LogP contribution in [0.15, 0.2) is 12.2 Å². The van der Waals surface area contributed by atoms with E-state index in [2.05, 4.69) is 24.9 Å². The predicted octanol–water partition coefficient (Wildman–Crippen LogP) is 3.43. The zero-order valence-corrected chi connectivity index (χ0v) is 9.42. The lowest BCUT2D eigenvalue weighted by atomic mass is 10.3. The lowest BCUT2D eigenvalue weighted by Crippen LogP contribution is -1.84. The molecule has 0 aliphatic heterocycles. The van der Waals surface area contributed by atoms with E-state index < -0.39 is 0 Å². The van der Waals surface area contributed by atoms with E-state index in [4.69, 9.17) is 12.2 Å². The van der Waals surface area contributed by atoms with Crippen LogP contribution in [0.1, 0.15) is 26.2 Å². The summed E-state index contributed by atoms with van der Waals surface area (Å²) in [5.74, 6) is 6.36. The predicted molar refractivity (Wildman–Crippen MR) is 66.8 cm³/mol. The third-order valence-corrected chi connectivity index (χ3v) is 3.19. The minimum Gasteiger partial charge on any atom is -0.189 e. The maximum absolute atomic E-state index is 4.76. The molecule has 0 aliphatic carbocycles. The zero-order valence-electron chi connectivity index (χ0n) is 7.79. The molecule has 0 amide bonds. The minimum atomic E-state index is 0.292. The lowest BCUT2D eigenvalue weighted by molar-refractivity contribution is 0.957. The number of thiocarbonyl (C=S) groups is 1. The molecule has 0 saturated carbocycles. The third-order valence-electron chi connectivity index (χ3n) is 1.48. The van der Waals surface area contributed by atoms with Gasteiger partial charge < -0.3 is 0 Å². The summed E-state index contributed by atoms with van der Waals surface area (Å²) in [5.41, 5.74) is 0. The minimum absolute atomic E-state index is 0.292. The molecule has 0 aromatic heterocycles. The van der Waals surface area contributed by atoms with Crippen LogP contribution in [0, 0.1) is 0 Å². The van der Waals surface area contributed by atoms with Gasteiger partial charge in [0, 0.05) is 5.75 Å². The molecule has 0 heterocycles. The highest BCUT2D eigenvalue weighted by atomic mass is 32.2. The van der Waals surface area contributed by atoms with Gasteiger partial charge in [0.25, 0.3) is 0 Å². The molecule has 0 nitrogen and oxygen atoms in total. The maximum Gasteiger partial charge on any atom is 0.00577 e. The SMILES string of the molecule is C=S(CC=CCCC)CCC=S. The average molecular weight is 202 g/mol. The van der Waals surface area contributed by atoms with E-state index in [0.717, 1.165) is 17.9 Å². The Balaban J connectivity index is 3.36. The average Bonchev–Trinajstić information content (AvgIpc) is 2.09. The largest absolute Gasteiger partial charge is 0.189 e. The molecule has 0 aromatic rings. The number of hydrogen-bond donors (Lipinski definition) is 0. The van der Waals surface area contributed by atoms with Crippen molar-refractivity contribution in [3.63, 3.8) is 0 Å². The van der Waals surface area contributed by atoms with Gasteiger partial charge in [-0.2, -0.15) is 10.5 Å². The molecule has 70 valence electrons. The summed E-state index contributed by atoms with van der Waals surface area (Å²) in [5, 5.41) is 1.81. The van der Waals surface area contributed by atoms with E-state index in [0.29, 0.717) is 10.5 Å². The van der Waals surface area contributed by atoms with E-state index in [1.54, 1.807) is 5.37 Å². The molecule has 0 rings (SSSR count). The van der Waals surface area contributed by atoms with Gasteiger partial charge in [-0.15, -0.1) is 0 Å². The molecule has 0 spiro atoms. The van der Waals surface area contributed by atoms with E-state index >= 15 is 0 Å². The van der Waals surface area contributed by atoms with E-state index in [1.165, 1.54) is 12.8 Å². The van der Waals surface area contributed by atoms with Crippen molar-refractivity contribution < 1.29 is 0 Å². The van der Waals surface area contributed by atoms with Crippen LogP contribution < -0.4 is 0 Å². The number of unbranched alkanes of at least 4 members (excludes halogenated alkanes) is 1. The Morgan fingerprint density at radius 3 is 2.67 bits per heavy atom. The Labute approximate surface area is 84.0 Å². The monoisotopic (exact) mass is 202 g/mol. The molecule has 0 radical (unpaired) electrons. The van der Waals surface area contributed by atoms with Gasteiger partial charge in [0.05, 0.1) is 0 Å². The van der Waals surface area contributed by atoms with Crippen molar-refractivity contribution in [1.29, 1.82) is 0 Å². The summed E-state index contributed by atoms with van der Waals surface area (Å²) in [6.45, 7) is 2.19. The number of allylic oxidation sites excluding steroid dienone is 1. The van der Waals surface area contributed by atoms with Crippen molar-refractivity contribution in [3.8, 4) is 0 Å². The molecule has 12 heavy (non-hydrogen) atoms. The highest BCUT2D eigenvalue weighted by Crippen LogP contribution is 2.10. The normalized spacial score (nSPS) is 13.4. The Bertz CT molecular complexity index is 159. The second-order valence-electron chi connectivity index (χ2n) is 2.70. The van der Waals surface area contributed by atoms with Gasteiger partial charge in [-0.3, -0.25) is 0 Å². The quantitative estimate of drug-likeness (QED) is 0.450. The Hall–Kier alpha value is 0.0500. The topological polar surface area (TPSA) is 0 Å². The van der Waals surface area contributed by atoms with Gasteiger partial charge >= 0.3 is 0 Å². The molecule has 1 unspecified atom stereocenters. The second kappa shape index (κ2) is 9.14. The highest BCUT2D eigenvalue weighted by Gasteiger charge is 1.86. The molecule has 0 bridgehead atoms. The Kier molecular flexibility index (Phi) is 9.18. The van der Waals surface area contributed by atoms with Crippen molar-refractivity contribution in [1.82, 2.24) is 0 Å². The molecule has 0 fully saturated rings. The summed E-state index contributed by atoms with van der Waals surface area (Å²) in [6, 6.07) is 0. The van der Waals surface area contributed by atoms with Crippen LogP contribution in [0.2, 0.25) is 0 Å². The molecule has 0 N–H and O–H groups in total. The summed E-state index contributed by atoms with van der Waals surface area (Å²) < 4.78 is 0. The molecular formula is C10H18S2.